The Bertz CT molecular complexity index is 650. The molecule has 1 unspecified atom stereocenters. The van der Waals surface area contributed by atoms with Gasteiger partial charge in [0.2, 0.25) is 0 Å². The van der Waals surface area contributed by atoms with E-state index in [1.54, 1.807) is 31.3 Å². The third kappa shape index (κ3) is 4.49. The van der Waals surface area contributed by atoms with Gasteiger partial charge in [-0.05, 0) is 46.6 Å². The summed E-state index contributed by atoms with van der Waals surface area (Å²) in [5.74, 6) is -0.192. The monoisotopic (exact) mass is 370 g/mol. The van der Waals surface area contributed by atoms with Crippen LogP contribution in [0.15, 0.2) is 47.2 Å². The second kappa shape index (κ2) is 7.31. The van der Waals surface area contributed by atoms with Crippen LogP contribution >= 0.6 is 15.9 Å². The molecule has 0 saturated heterocycles. The highest BCUT2D eigenvalue weighted by Crippen LogP contribution is 2.19. The normalized spacial score (nSPS) is 12.0. The van der Waals surface area contributed by atoms with E-state index >= 15 is 0 Å². The second-order valence-electron chi connectivity index (χ2n) is 4.53. The summed E-state index contributed by atoms with van der Waals surface area (Å²) in [5, 5.41) is 2.81. The Morgan fingerprint density at radius 3 is 2.55 bits per heavy atom. The average Bonchev–Trinajstić information content (AvgIpc) is 2.47. The molecule has 0 aliphatic carbocycles. The lowest BCUT2D eigenvalue weighted by atomic mass is 10.1. The van der Waals surface area contributed by atoms with Gasteiger partial charge in [-0.1, -0.05) is 12.1 Å². The number of hydrogen-bond acceptors (Lipinski definition) is 3. The summed E-state index contributed by atoms with van der Waals surface area (Å²) >= 11 is 3.25. The summed E-state index contributed by atoms with van der Waals surface area (Å²) in [5.41, 5.74) is 1.21. The van der Waals surface area contributed by atoms with Crippen LogP contribution in [0, 0.1) is 0 Å². The first-order chi connectivity index (χ1) is 10.5. The predicted molar refractivity (Wildman–Crippen MR) is 80.9 cm³/mol. The molecule has 22 heavy (non-hydrogen) atoms. The van der Waals surface area contributed by atoms with Crippen LogP contribution in [0.3, 0.4) is 0 Å². The number of nitrogens with zero attached hydrogens (tertiary/aromatic N) is 1. The number of hydrogen-bond donors (Lipinski definition) is 1. The minimum atomic E-state index is -2.85. The van der Waals surface area contributed by atoms with E-state index in [1.807, 2.05) is 0 Å². The van der Waals surface area contributed by atoms with E-state index in [0.29, 0.717) is 10.0 Å². The molecule has 1 atom stereocenters. The van der Waals surface area contributed by atoms with Gasteiger partial charge in [0, 0.05) is 16.9 Å². The fraction of sp³-hybridized carbons (Fsp3) is 0.200. The molecule has 1 aromatic carbocycles. The molecule has 116 valence electrons. The number of alkyl halides is 2. The Morgan fingerprint density at radius 2 is 1.95 bits per heavy atom. The number of ether oxygens (including phenoxy) is 1. The molecular formula is C15H13BrF2N2O2. The number of carbonyl (C=O) groups is 1. The fourth-order valence-corrected chi connectivity index (χ4v) is 2.20. The third-order valence-electron chi connectivity index (χ3n) is 2.92. The van der Waals surface area contributed by atoms with Gasteiger partial charge in [-0.25, -0.2) is 0 Å². The Hall–Kier alpha value is -2.02. The van der Waals surface area contributed by atoms with Crippen molar-refractivity contribution >= 4 is 21.8 Å². The molecule has 1 N–H and O–H groups in total. The summed E-state index contributed by atoms with van der Waals surface area (Å²) in [4.78, 5) is 16.0. The van der Waals surface area contributed by atoms with Crippen LogP contribution in [0.5, 0.6) is 5.75 Å². The summed E-state index contributed by atoms with van der Waals surface area (Å²) in [6.07, 6.45) is 3.05. The zero-order valence-electron chi connectivity index (χ0n) is 11.6. The van der Waals surface area contributed by atoms with Crippen molar-refractivity contribution in [2.75, 3.05) is 0 Å². The van der Waals surface area contributed by atoms with E-state index in [0.717, 1.165) is 5.56 Å². The molecule has 0 spiro atoms. The van der Waals surface area contributed by atoms with Gasteiger partial charge in [0.05, 0.1) is 11.6 Å². The third-order valence-corrected chi connectivity index (χ3v) is 3.35. The topological polar surface area (TPSA) is 51.2 Å². The maximum Gasteiger partial charge on any atom is 0.387 e. The lowest BCUT2D eigenvalue weighted by Crippen LogP contribution is -2.26. The van der Waals surface area contributed by atoms with Crippen LogP contribution in [0.2, 0.25) is 0 Å². The molecule has 0 bridgehead atoms. The molecule has 0 aliphatic rings. The average molecular weight is 371 g/mol. The molecule has 0 radical (unpaired) electrons. The molecule has 0 saturated carbocycles. The standard InChI is InChI=1S/C15H13BrF2N2O2/c1-9(10-2-4-13(5-3-10)22-15(17)18)20-14(21)11-6-12(16)8-19-7-11/h2-9,15H,1H3,(H,20,21). The van der Waals surface area contributed by atoms with Crippen molar-refractivity contribution in [2.24, 2.45) is 0 Å². The first kappa shape index (κ1) is 16.4. The predicted octanol–water partition coefficient (Wildman–Crippen LogP) is 3.94. The van der Waals surface area contributed by atoms with Gasteiger partial charge in [-0.2, -0.15) is 8.78 Å². The molecule has 1 aromatic heterocycles. The number of benzene rings is 1. The van der Waals surface area contributed by atoms with Crippen molar-refractivity contribution in [1.82, 2.24) is 10.3 Å². The van der Waals surface area contributed by atoms with Crippen molar-refractivity contribution in [3.8, 4) is 5.75 Å². The largest absolute Gasteiger partial charge is 0.435 e. The van der Waals surface area contributed by atoms with Crippen molar-refractivity contribution in [1.29, 1.82) is 0 Å². The second-order valence-corrected chi connectivity index (χ2v) is 5.45. The number of pyridine rings is 1. The van der Waals surface area contributed by atoms with E-state index in [4.69, 9.17) is 0 Å². The smallest absolute Gasteiger partial charge is 0.387 e. The van der Waals surface area contributed by atoms with E-state index in [-0.39, 0.29) is 17.7 Å². The number of amides is 1. The minimum Gasteiger partial charge on any atom is -0.435 e. The lowest BCUT2D eigenvalue weighted by molar-refractivity contribution is -0.0498. The van der Waals surface area contributed by atoms with E-state index < -0.39 is 6.61 Å². The highest BCUT2D eigenvalue weighted by Gasteiger charge is 2.12. The number of nitrogens with one attached hydrogen (secondary N) is 1. The highest BCUT2D eigenvalue weighted by molar-refractivity contribution is 9.10. The van der Waals surface area contributed by atoms with Crippen molar-refractivity contribution in [3.05, 3.63) is 58.3 Å². The Morgan fingerprint density at radius 1 is 1.27 bits per heavy atom. The molecule has 0 fully saturated rings. The van der Waals surface area contributed by atoms with Crippen LogP contribution in [-0.2, 0) is 0 Å². The van der Waals surface area contributed by atoms with Crippen molar-refractivity contribution in [3.63, 3.8) is 0 Å². The summed E-state index contributed by atoms with van der Waals surface area (Å²) in [6.45, 7) is -1.06. The van der Waals surface area contributed by atoms with Crippen LogP contribution in [-0.4, -0.2) is 17.5 Å². The zero-order chi connectivity index (χ0) is 16.1. The molecule has 2 aromatic rings. The quantitative estimate of drug-likeness (QED) is 0.867. The molecule has 7 heteroatoms. The Labute approximate surface area is 134 Å². The van der Waals surface area contributed by atoms with Crippen molar-refractivity contribution in [2.45, 2.75) is 19.6 Å². The van der Waals surface area contributed by atoms with Gasteiger partial charge in [-0.3, -0.25) is 9.78 Å². The first-order valence-corrected chi connectivity index (χ1v) is 7.21. The Balaban J connectivity index is 2.02. The summed E-state index contributed by atoms with van der Waals surface area (Å²) < 4.78 is 29.2. The highest BCUT2D eigenvalue weighted by atomic mass is 79.9. The van der Waals surface area contributed by atoms with E-state index in [1.165, 1.54) is 18.3 Å². The van der Waals surface area contributed by atoms with E-state index in [2.05, 4.69) is 31.0 Å². The fourth-order valence-electron chi connectivity index (χ4n) is 1.84. The first-order valence-electron chi connectivity index (χ1n) is 6.42. The maximum absolute atomic E-state index is 12.1. The minimum absolute atomic E-state index is 0.0773. The van der Waals surface area contributed by atoms with Crippen LogP contribution < -0.4 is 10.1 Å². The SMILES string of the molecule is CC(NC(=O)c1cncc(Br)c1)c1ccc(OC(F)F)cc1. The molecule has 1 amide bonds. The molecule has 1 heterocycles. The van der Waals surface area contributed by atoms with Gasteiger partial charge in [0.15, 0.2) is 0 Å². The molecular weight excluding hydrogens is 358 g/mol. The Kier molecular flexibility index (Phi) is 5.43. The molecule has 0 aliphatic heterocycles. The van der Waals surface area contributed by atoms with Gasteiger partial charge in [0.1, 0.15) is 5.75 Å². The molecule has 4 nitrogen and oxygen atoms in total. The van der Waals surface area contributed by atoms with Crippen molar-refractivity contribution < 1.29 is 18.3 Å². The van der Waals surface area contributed by atoms with Gasteiger partial charge >= 0.3 is 6.61 Å². The number of rotatable bonds is 5. The zero-order valence-corrected chi connectivity index (χ0v) is 13.2. The van der Waals surface area contributed by atoms with Gasteiger partial charge in [0.25, 0.3) is 5.91 Å². The number of carbonyl (C=O) groups excluding carboxylic acids is 1. The summed E-state index contributed by atoms with van der Waals surface area (Å²) in [7, 11) is 0. The maximum atomic E-state index is 12.1. The van der Waals surface area contributed by atoms with Gasteiger partial charge in [-0.15, -0.1) is 0 Å². The number of aromatic nitrogens is 1. The molecule has 2 rings (SSSR count). The van der Waals surface area contributed by atoms with Crippen LogP contribution in [0.25, 0.3) is 0 Å². The van der Waals surface area contributed by atoms with Crippen LogP contribution in [0.4, 0.5) is 8.78 Å². The lowest BCUT2D eigenvalue weighted by Gasteiger charge is -2.15. The number of halogens is 3. The van der Waals surface area contributed by atoms with Crippen LogP contribution in [0.1, 0.15) is 28.9 Å². The van der Waals surface area contributed by atoms with E-state index in [9.17, 15) is 13.6 Å². The summed E-state index contributed by atoms with van der Waals surface area (Å²) in [6, 6.07) is 7.50. The van der Waals surface area contributed by atoms with Gasteiger partial charge < -0.3 is 10.1 Å².